The van der Waals surface area contributed by atoms with Crippen molar-refractivity contribution in [2.45, 2.75) is 25.3 Å². The van der Waals surface area contributed by atoms with Gasteiger partial charge in [0.2, 0.25) is 11.8 Å². The monoisotopic (exact) mass is 286 g/mol. The minimum Gasteiger partial charge on any atom is -0.368 e. The van der Waals surface area contributed by atoms with Gasteiger partial charge in [0.1, 0.15) is 0 Å². The molecule has 2 rings (SSSR count). The molecule has 21 heavy (non-hydrogen) atoms. The standard InChI is InChI=1S/C15H18N4O2/c16-10-11-3-5-12(6-4-11)18-14(20)7-9-19-8-1-2-13(19)15(17)21/h3-6,13H,1-2,7-9H2,(H2,17,21)(H,18,20). The number of nitrogens with zero attached hydrogens (tertiary/aromatic N) is 2. The third-order valence-corrected chi connectivity index (χ3v) is 3.62. The fourth-order valence-corrected chi connectivity index (χ4v) is 2.51. The van der Waals surface area contributed by atoms with Gasteiger partial charge >= 0.3 is 0 Å². The molecule has 1 aromatic rings. The number of nitrogens with two attached hydrogens (primary N) is 1. The van der Waals surface area contributed by atoms with E-state index in [1.165, 1.54) is 0 Å². The van der Waals surface area contributed by atoms with E-state index in [4.69, 9.17) is 11.0 Å². The molecule has 0 spiro atoms. The quantitative estimate of drug-likeness (QED) is 0.837. The molecule has 1 fully saturated rings. The summed E-state index contributed by atoms with van der Waals surface area (Å²) in [4.78, 5) is 25.1. The Balaban J connectivity index is 1.82. The molecule has 1 aliphatic rings. The summed E-state index contributed by atoms with van der Waals surface area (Å²) in [5.41, 5.74) is 6.55. The third-order valence-electron chi connectivity index (χ3n) is 3.62. The third kappa shape index (κ3) is 4.04. The van der Waals surface area contributed by atoms with E-state index in [0.717, 1.165) is 19.4 Å². The van der Waals surface area contributed by atoms with E-state index in [0.29, 0.717) is 24.2 Å². The summed E-state index contributed by atoms with van der Waals surface area (Å²) in [5.74, 6) is -0.435. The van der Waals surface area contributed by atoms with Crippen LogP contribution in [0.5, 0.6) is 0 Å². The van der Waals surface area contributed by atoms with Gasteiger partial charge in [-0.15, -0.1) is 0 Å². The van der Waals surface area contributed by atoms with E-state index in [2.05, 4.69) is 5.32 Å². The number of anilines is 1. The van der Waals surface area contributed by atoms with Crippen molar-refractivity contribution < 1.29 is 9.59 Å². The molecular weight excluding hydrogens is 268 g/mol. The molecule has 0 bridgehead atoms. The predicted octanol–water partition coefficient (Wildman–Crippen LogP) is 0.837. The van der Waals surface area contributed by atoms with Crippen LogP contribution in [0.3, 0.4) is 0 Å². The van der Waals surface area contributed by atoms with Gasteiger partial charge in [-0.3, -0.25) is 14.5 Å². The van der Waals surface area contributed by atoms with Crippen LogP contribution in [-0.2, 0) is 9.59 Å². The minimum atomic E-state index is -0.319. The number of benzene rings is 1. The van der Waals surface area contributed by atoms with Gasteiger partial charge in [-0.2, -0.15) is 5.26 Å². The first kappa shape index (κ1) is 15.0. The van der Waals surface area contributed by atoms with Crippen molar-refractivity contribution >= 4 is 17.5 Å². The smallest absolute Gasteiger partial charge is 0.234 e. The Morgan fingerprint density at radius 1 is 1.38 bits per heavy atom. The second-order valence-electron chi connectivity index (χ2n) is 5.08. The lowest BCUT2D eigenvalue weighted by Gasteiger charge is -2.21. The maximum absolute atomic E-state index is 11.9. The van der Waals surface area contributed by atoms with Crippen molar-refractivity contribution in [1.29, 1.82) is 5.26 Å². The lowest BCUT2D eigenvalue weighted by atomic mass is 10.2. The molecule has 1 atom stereocenters. The molecule has 0 radical (unpaired) electrons. The van der Waals surface area contributed by atoms with Gasteiger partial charge in [-0.05, 0) is 43.7 Å². The normalized spacial score (nSPS) is 18.1. The van der Waals surface area contributed by atoms with E-state index >= 15 is 0 Å². The molecule has 6 nitrogen and oxygen atoms in total. The number of nitrogens with one attached hydrogen (secondary N) is 1. The molecular formula is C15H18N4O2. The lowest BCUT2D eigenvalue weighted by Crippen LogP contribution is -2.41. The molecule has 110 valence electrons. The predicted molar refractivity (Wildman–Crippen MR) is 78.2 cm³/mol. The van der Waals surface area contributed by atoms with Crippen molar-refractivity contribution in [1.82, 2.24) is 4.90 Å². The average molecular weight is 286 g/mol. The largest absolute Gasteiger partial charge is 0.368 e. The highest BCUT2D eigenvalue weighted by Gasteiger charge is 2.28. The fraction of sp³-hybridized carbons (Fsp3) is 0.400. The number of hydrogen-bond acceptors (Lipinski definition) is 4. The SMILES string of the molecule is N#Cc1ccc(NC(=O)CCN2CCCC2C(N)=O)cc1. The summed E-state index contributed by atoms with van der Waals surface area (Å²) in [7, 11) is 0. The van der Waals surface area contributed by atoms with Crippen LogP contribution >= 0.6 is 0 Å². The Labute approximate surface area is 123 Å². The minimum absolute atomic E-state index is 0.116. The molecule has 1 saturated heterocycles. The molecule has 1 aromatic carbocycles. The van der Waals surface area contributed by atoms with Crippen LogP contribution in [0.1, 0.15) is 24.8 Å². The Bertz CT molecular complexity index is 562. The van der Waals surface area contributed by atoms with Gasteiger partial charge in [0.25, 0.3) is 0 Å². The summed E-state index contributed by atoms with van der Waals surface area (Å²) >= 11 is 0. The molecule has 0 aromatic heterocycles. The number of nitriles is 1. The summed E-state index contributed by atoms with van der Waals surface area (Å²) in [6.07, 6.45) is 2.02. The van der Waals surface area contributed by atoms with Gasteiger partial charge in [0.05, 0.1) is 17.7 Å². The Hall–Kier alpha value is -2.39. The molecule has 1 heterocycles. The van der Waals surface area contributed by atoms with Crippen molar-refractivity contribution in [3.05, 3.63) is 29.8 Å². The van der Waals surface area contributed by atoms with Crippen molar-refractivity contribution in [2.75, 3.05) is 18.4 Å². The van der Waals surface area contributed by atoms with E-state index < -0.39 is 0 Å². The van der Waals surface area contributed by atoms with Crippen molar-refractivity contribution in [2.24, 2.45) is 5.73 Å². The molecule has 1 aliphatic heterocycles. The topological polar surface area (TPSA) is 99.2 Å². The van der Waals surface area contributed by atoms with Gasteiger partial charge in [0.15, 0.2) is 0 Å². The highest BCUT2D eigenvalue weighted by Crippen LogP contribution is 2.17. The van der Waals surface area contributed by atoms with Gasteiger partial charge < -0.3 is 11.1 Å². The first-order valence-electron chi connectivity index (χ1n) is 6.93. The summed E-state index contributed by atoms with van der Waals surface area (Å²) < 4.78 is 0. The van der Waals surface area contributed by atoms with Gasteiger partial charge in [0, 0.05) is 18.7 Å². The molecule has 0 aliphatic carbocycles. The van der Waals surface area contributed by atoms with E-state index in [-0.39, 0.29) is 17.9 Å². The second-order valence-corrected chi connectivity index (χ2v) is 5.08. The Morgan fingerprint density at radius 3 is 2.71 bits per heavy atom. The number of amides is 2. The van der Waals surface area contributed by atoms with Crippen LogP contribution in [0.2, 0.25) is 0 Å². The van der Waals surface area contributed by atoms with Crippen molar-refractivity contribution in [3.63, 3.8) is 0 Å². The number of carbonyl (C=O) groups excluding carboxylic acids is 2. The number of carbonyl (C=O) groups is 2. The lowest BCUT2D eigenvalue weighted by molar-refractivity contribution is -0.123. The molecule has 3 N–H and O–H groups in total. The molecule has 0 saturated carbocycles. The van der Waals surface area contributed by atoms with Crippen LogP contribution in [0.15, 0.2) is 24.3 Å². The first-order valence-corrected chi connectivity index (χ1v) is 6.93. The summed E-state index contributed by atoms with van der Waals surface area (Å²) in [5, 5.41) is 11.5. The Morgan fingerprint density at radius 2 is 2.10 bits per heavy atom. The number of primary amides is 1. The summed E-state index contributed by atoms with van der Waals surface area (Å²) in [6.45, 7) is 1.33. The van der Waals surface area contributed by atoms with Crippen LogP contribution < -0.4 is 11.1 Å². The highest BCUT2D eigenvalue weighted by atomic mass is 16.2. The maximum atomic E-state index is 11.9. The number of hydrogen-bond donors (Lipinski definition) is 2. The van der Waals surface area contributed by atoms with Crippen LogP contribution in [0.25, 0.3) is 0 Å². The molecule has 6 heteroatoms. The van der Waals surface area contributed by atoms with Gasteiger partial charge in [-0.25, -0.2) is 0 Å². The van der Waals surface area contributed by atoms with E-state index in [1.807, 2.05) is 11.0 Å². The van der Waals surface area contributed by atoms with Crippen LogP contribution in [0, 0.1) is 11.3 Å². The Kier molecular flexibility index (Phi) is 4.90. The number of rotatable bonds is 5. The molecule has 2 amide bonds. The van der Waals surface area contributed by atoms with Crippen molar-refractivity contribution in [3.8, 4) is 6.07 Å². The maximum Gasteiger partial charge on any atom is 0.234 e. The van der Waals surface area contributed by atoms with E-state index in [9.17, 15) is 9.59 Å². The van der Waals surface area contributed by atoms with Crippen LogP contribution in [-0.4, -0.2) is 35.8 Å². The number of likely N-dealkylation sites (tertiary alicyclic amines) is 1. The zero-order valence-corrected chi connectivity index (χ0v) is 11.7. The second kappa shape index (κ2) is 6.86. The molecule has 1 unspecified atom stereocenters. The fourth-order valence-electron chi connectivity index (χ4n) is 2.51. The van der Waals surface area contributed by atoms with E-state index in [1.54, 1.807) is 24.3 Å². The first-order chi connectivity index (χ1) is 10.1. The average Bonchev–Trinajstić information content (AvgIpc) is 2.94. The zero-order valence-electron chi connectivity index (χ0n) is 11.7. The van der Waals surface area contributed by atoms with Gasteiger partial charge in [-0.1, -0.05) is 0 Å². The van der Waals surface area contributed by atoms with Crippen LogP contribution in [0.4, 0.5) is 5.69 Å². The zero-order chi connectivity index (χ0) is 15.2. The summed E-state index contributed by atoms with van der Waals surface area (Å²) in [6, 6.07) is 8.47. The highest BCUT2D eigenvalue weighted by molar-refractivity contribution is 5.90.